The number of methoxy groups -OCH3 is 2. The van der Waals surface area contributed by atoms with Crippen molar-refractivity contribution in [3.05, 3.63) is 88.5 Å². The molecule has 0 N–H and O–H groups in total. The third-order valence-electron chi connectivity index (χ3n) is 5.25. The van der Waals surface area contributed by atoms with Crippen molar-refractivity contribution < 1.29 is 23.6 Å². The smallest absolute Gasteiger partial charge is 0.249 e. The lowest BCUT2D eigenvalue weighted by molar-refractivity contribution is 0.103. The molecule has 1 unspecified atom stereocenters. The van der Waals surface area contributed by atoms with Crippen molar-refractivity contribution in [2.45, 2.75) is 20.8 Å². The predicted octanol–water partition coefficient (Wildman–Crippen LogP) is 5.30. The molecule has 3 aromatic carbocycles. The maximum atomic E-state index is 14.5. The Hall–Kier alpha value is -3.17. The first-order valence-electron chi connectivity index (χ1n) is 9.80. The number of aryl methyl sites for hydroxylation is 3. The maximum absolute atomic E-state index is 14.5. The molecule has 1 atom stereocenters. The van der Waals surface area contributed by atoms with E-state index in [2.05, 4.69) is 0 Å². The Balaban J connectivity index is 2.34. The second-order valence-electron chi connectivity index (χ2n) is 7.37. The summed E-state index contributed by atoms with van der Waals surface area (Å²) >= 11 is 0. The number of carbonyl (C=O) groups is 2. The van der Waals surface area contributed by atoms with E-state index >= 15 is 0 Å². The molecule has 31 heavy (non-hydrogen) atoms. The molecule has 6 heteroatoms. The van der Waals surface area contributed by atoms with Gasteiger partial charge in [-0.3, -0.25) is 9.59 Å². The van der Waals surface area contributed by atoms with Crippen molar-refractivity contribution >= 4 is 23.5 Å². The van der Waals surface area contributed by atoms with Crippen LogP contribution < -0.4 is 14.8 Å². The first-order valence-corrected chi connectivity index (χ1v) is 11.5. The Kier molecular flexibility index (Phi) is 6.47. The molecule has 0 amide bonds. The lowest BCUT2D eigenvalue weighted by Crippen LogP contribution is -2.22. The van der Waals surface area contributed by atoms with E-state index in [4.69, 9.17) is 9.47 Å². The molecule has 0 aromatic heterocycles. The lowest BCUT2D eigenvalue weighted by atomic mass is 10.0. The van der Waals surface area contributed by atoms with Crippen LogP contribution in [0.3, 0.4) is 0 Å². The van der Waals surface area contributed by atoms with Crippen LogP contribution in [-0.4, -0.2) is 25.3 Å². The Morgan fingerprint density at radius 2 is 1.19 bits per heavy atom. The van der Waals surface area contributed by atoms with Crippen molar-refractivity contribution in [2.24, 2.45) is 0 Å². The van der Waals surface area contributed by atoms with Gasteiger partial charge in [-0.15, -0.1) is 0 Å². The van der Waals surface area contributed by atoms with Gasteiger partial charge in [-0.05, 0) is 49.6 Å². The zero-order valence-corrected chi connectivity index (χ0v) is 19.2. The van der Waals surface area contributed by atoms with E-state index in [0.717, 1.165) is 5.56 Å². The number of benzene rings is 3. The highest BCUT2D eigenvalue weighted by atomic mass is 31.2. The third-order valence-corrected chi connectivity index (χ3v) is 7.87. The van der Waals surface area contributed by atoms with Gasteiger partial charge in [0.15, 0.2) is 0 Å². The molecule has 0 bridgehead atoms. The lowest BCUT2D eigenvalue weighted by Gasteiger charge is -2.21. The number of hydrogen-bond donors (Lipinski definition) is 0. The molecule has 0 aliphatic carbocycles. The van der Waals surface area contributed by atoms with E-state index < -0.39 is 18.2 Å². The molecule has 5 nitrogen and oxygen atoms in total. The van der Waals surface area contributed by atoms with Gasteiger partial charge in [-0.25, -0.2) is 0 Å². The van der Waals surface area contributed by atoms with Crippen LogP contribution in [0.5, 0.6) is 11.5 Å². The van der Waals surface area contributed by atoms with Crippen molar-refractivity contribution in [2.75, 3.05) is 14.2 Å². The predicted molar refractivity (Wildman–Crippen MR) is 123 cm³/mol. The van der Waals surface area contributed by atoms with Gasteiger partial charge >= 0.3 is 0 Å². The molecule has 0 heterocycles. The molecule has 0 fully saturated rings. The highest BCUT2D eigenvalue weighted by molar-refractivity contribution is 8.01. The summed E-state index contributed by atoms with van der Waals surface area (Å²) in [5.41, 5.74) is 0.939. The van der Waals surface area contributed by atoms with Gasteiger partial charge in [0.1, 0.15) is 17.1 Å². The monoisotopic (exact) mass is 436 g/mol. The molecule has 0 saturated carbocycles. The topological polar surface area (TPSA) is 69.7 Å². The summed E-state index contributed by atoms with van der Waals surface area (Å²) in [5.74, 6) is 0.430. The average Bonchev–Trinajstić information content (AvgIpc) is 2.77. The Bertz CT molecular complexity index is 1150. The van der Waals surface area contributed by atoms with Gasteiger partial charge in [0, 0.05) is 10.9 Å². The van der Waals surface area contributed by atoms with Gasteiger partial charge < -0.3 is 14.0 Å². The summed E-state index contributed by atoms with van der Waals surface area (Å²) in [5, 5.41) is 0.178. The second kappa shape index (κ2) is 8.91. The largest absolute Gasteiger partial charge is 0.496 e. The van der Waals surface area contributed by atoms with Gasteiger partial charge in [0.25, 0.3) is 0 Å². The third kappa shape index (κ3) is 3.94. The van der Waals surface area contributed by atoms with Crippen LogP contribution in [0, 0.1) is 20.8 Å². The van der Waals surface area contributed by atoms with Crippen LogP contribution in [0.15, 0.2) is 60.7 Å². The minimum Gasteiger partial charge on any atom is -0.496 e. The Morgan fingerprint density at radius 3 is 1.68 bits per heavy atom. The van der Waals surface area contributed by atoms with Crippen LogP contribution in [0.1, 0.15) is 37.4 Å². The average molecular weight is 436 g/mol. The quantitative estimate of drug-likeness (QED) is 0.470. The summed E-state index contributed by atoms with van der Waals surface area (Å²) in [6.07, 6.45) is 0. The summed E-state index contributed by atoms with van der Waals surface area (Å²) in [6.45, 7) is 5.37. The van der Waals surface area contributed by atoms with Crippen LogP contribution in [0.25, 0.3) is 0 Å². The van der Waals surface area contributed by atoms with E-state index in [9.17, 15) is 14.2 Å². The van der Waals surface area contributed by atoms with Crippen LogP contribution in [0.2, 0.25) is 0 Å². The molecule has 160 valence electrons. The highest BCUT2D eigenvalue weighted by Crippen LogP contribution is 2.54. The van der Waals surface area contributed by atoms with Crippen molar-refractivity contribution in [3.8, 4) is 11.5 Å². The fourth-order valence-corrected chi connectivity index (χ4v) is 6.13. The first-order chi connectivity index (χ1) is 14.7. The molecule has 0 aliphatic heterocycles. The van der Waals surface area contributed by atoms with Crippen molar-refractivity contribution in [1.29, 1.82) is 0 Å². The second-order valence-corrected chi connectivity index (χ2v) is 9.91. The number of carbonyl (C=O) groups excluding carboxylic acids is 2. The summed E-state index contributed by atoms with van der Waals surface area (Å²) in [7, 11) is -1.44. The number of ether oxygens (including phenoxy) is 2. The molecule has 3 aromatic rings. The molecule has 0 spiro atoms. The summed E-state index contributed by atoms with van der Waals surface area (Å²) in [6, 6.07) is 16.9. The van der Waals surface area contributed by atoms with E-state index in [-0.39, 0.29) is 22.4 Å². The Morgan fingerprint density at radius 1 is 0.710 bits per heavy atom. The standard InChI is InChI=1S/C25H25O5P/c1-16-14-20(29-4)23(21(15-16)30-5)25(27)31(28,19-12-7-6-8-13-19)24(26)22-17(2)10-9-11-18(22)3/h6-15H,1-5H3. The zero-order valence-electron chi connectivity index (χ0n) is 18.3. The van der Waals surface area contributed by atoms with Gasteiger partial charge in [0.2, 0.25) is 18.2 Å². The van der Waals surface area contributed by atoms with E-state index in [1.54, 1.807) is 68.4 Å². The van der Waals surface area contributed by atoms with Crippen LogP contribution in [0.4, 0.5) is 0 Å². The highest BCUT2D eigenvalue weighted by Gasteiger charge is 2.45. The fourth-order valence-electron chi connectivity index (χ4n) is 3.69. The molecule has 0 aliphatic rings. The molecule has 3 rings (SSSR count). The van der Waals surface area contributed by atoms with Gasteiger partial charge in [-0.2, -0.15) is 0 Å². The molecule has 0 radical (unpaired) electrons. The minimum absolute atomic E-state index is 0.00220. The van der Waals surface area contributed by atoms with Crippen molar-refractivity contribution in [3.63, 3.8) is 0 Å². The first kappa shape index (κ1) is 22.5. The summed E-state index contributed by atoms with van der Waals surface area (Å²) < 4.78 is 25.4. The Labute approximate surface area is 182 Å². The van der Waals surface area contributed by atoms with Gasteiger partial charge in [0.05, 0.1) is 14.2 Å². The maximum Gasteiger partial charge on any atom is 0.249 e. The van der Waals surface area contributed by atoms with Crippen molar-refractivity contribution in [1.82, 2.24) is 0 Å². The normalized spacial score (nSPS) is 12.7. The molecular formula is C25H25O5P. The number of rotatable bonds is 7. The SMILES string of the molecule is COc1cc(C)cc(OC)c1C(=O)P(=O)(C(=O)c1c(C)cccc1C)c1ccccc1. The zero-order chi connectivity index (χ0) is 22.8. The van der Waals surface area contributed by atoms with Crippen LogP contribution in [-0.2, 0) is 4.57 Å². The van der Waals surface area contributed by atoms with E-state index in [1.165, 1.54) is 14.2 Å². The van der Waals surface area contributed by atoms with Gasteiger partial charge in [-0.1, -0.05) is 48.5 Å². The summed E-state index contributed by atoms with van der Waals surface area (Å²) in [4.78, 5) is 27.8. The van der Waals surface area contributed by atoms with E-state index in [1.807, 2.05) is 13.0 Å². The molecular weight excluding hydrogens is 411 g/mol. The fraction of sp³-hybridized carbons (Fsp3) is 0.200. The number of hydrogen-bond acceptors (Lipinski definition) is 5. The van der Waals surface area contributed by atoms with Crippen LogP contribution >= 0.6 is 7.14 Å². The van der Waals surface area contributed by atoms with E-state index in [0.29, 0.717) is 16.7 Å². The molecule has 0 saturated heterocycles. The minimum atomic E-state index is -4.28.